The third-order valence-electron chi connectivity index (χ3n) is 6.62. The van der Waals surface area contributed by atoms with Crippen molar-refractivity contribution in [3.8, 4) is 0 Å². The fourth-order valence-corrected chi connectivity index (χ4v) is 4.71. The summed E-state index contributed by atoms with van der Waals surface area (Å²) in [5.41, 5.74) is 1.39. The zero-order chi connectivity index (χ0) is 23.5. The second-order valence-corrected chi connectivity index (χ2v) is 9.13. The Balaban J connectivity index is 0.000000360. The molecule has 0 radical (unpaired) electrons. The zero-order valence-electron chi connectivity index (χ0n) is 18.5. The van der Waals surface area contributed by atoms with Crippen LogP contribution in [-0.2, 0) is 27.9 Å². The molecule has 8 nitrogen and oxygen atoms in total. The van der Waals surface area contributed by atoms with E-state index in [-0.39, 0.29) is 11.3 Å². The van der Waals surface area contributed by atoms with Crippen LogP contribution >= 0.6 is 0 Å². The van der Waals surface area contributed by atoms with Crippen LogP contribution in [0.5, 0.6) is 0 Å². The van der Waals surface area contributed by atoms with E-state index in [4.69, 9.17) is 14.6 Å². The predicted octanol–water partition coefficient (Wildman–Crippen LogP) is 2.15. The molecule has 180 valence electrons. The van der Waals surface area contributed by atoms with Crippen LogP contribution in [0, 0.1) is 17.3 Å². The second kappa shape index (κ2) is 9.78. The third kappa shape index (κ3) is 6.00. The number of hydrogen-bond donors (Lipinski definition) is 1. The molecular formula is C21H31F3N4O4. The highest BCUT2D eigenvalue weighted by atomic mass is 19.4. The molecular weight excluding hydrogens is 429 g/mol. The number of carboxylic acids is 1. The molecule has 1 aromatic rings. The topological polar surface area (TPSA) is 87.9 Å². The van der Waals surface area contributed by atoms with E-state index in [1.165, 1.54) is 18.4 Å². The molecule has 1 amide bonds. The van der Waals surface area contributed by atoms with Crippen LogP contribution in [0.2, 0.25) is 0 Å². The van der Waals surface area contributed by atoms with Crippen molar-refractivity contribution in [2.75, 3.05) is 39.9 Å². The van der Waals surface area contributed by atoms with Crippen LogP contribution in [0.4, 0.5) is 13.2 Å². The molecule has 1 aromatic heterocycles. The normalized spacial score (nSPS) is 23.3. The highest BCUT2D eigenvalue weighted by molar-refractivity contribution is 5.82. The number of carbonyl (C=O) groups excluding carboxylic acids is 1. The van der Waals surface area contributed by atoms with Gasteiger partial charge in [0.1, 0.15) is 0 Å². The number of halogens is 3. The van der Waals surface area contributed by atoms with Crippen molar-refractivity contribution in [2.45, 2.75) is 38.4 Å². The van der Waals surface area contributed by atoms with Crippen molar-refractivity contribution in [1.29, 1.82) is 0 Å². The minimum Gasteiger partial charge on any atom is -0.475 e. The summed E-state index contributed by atoms with van der Waals surface area (Å²) >= 11 is 0. The molecule has 2 aliphatic heterocycles. The molecule has 3 heterocycles. The van der Waals surface area contributed by atoms with Gasteiger partial charge in [0.15, 0.2) is 0 Å². The minimum absolute atomic E-state index is 0.0526. The number of nitrogens with zero attached hydrogens (tertiary/aromatic N) is 4. The maximum absolute atomic E-state index is 12.9. The molecule has 3 fully saturated rings. The van der Waals surface area contributed by atoms with Crippen LogP contribution < -0.4 is 0 Å². The van der Waals surface area contributed by atoms with Gasteiger partial charge in [-0.05, 0) is 44.7 Å². The molecule has 1 atom stereocenters. The van der Waals surface area contributed by atoms with E-state index >= 15 is 0 Å². The van der Waals surface area contributed by atoms with Crippen molar-refractivity contribution in [1.82, 2.24) is 19.6 Å². The van der Waals surface area contributed by atoms with Gasteiger partial charge in [-0.2, -0.15) is 18.3 Å². The number of aromatic nitrogens is 2. The highest BCUT2D eigenvalue weighted by Gasteiger charge is 2.53. The number of methoxy groups -OCH3 is 1. The van der Waals surface area contributed by atoms with Gasteiger partial charge in [-0.15, -0.1) is 0 Å². The van der Waals surface area contributed by atoms with Gasteiger partial charge in [-0.3, -0.25) is 14.4 Å². The van der Waals surface area contributed by atoms with E-state index in [9.17, 15) is 18.0 Å². The highest BCUT2D eigenvalue weighted by Crippen LogP contribution is 2.47. The van der Waals surface area contributed by atoms with Gasteiger partial charge in [-0.25, -0.2) is 4.79 Å². The number of aliphatic carboxylic acids is 1. The van der Waals surface area contributed by atoms with Crippen LogP contribution in [0.15, 0.2) is 12.4 Å². The Hall–Kier alpha value is -2.14. The Morgan fingerprint density at radius 2 is 1.94 bits per heavy atom. The molecule has 1 aliphatic carbocycles. The summed E-state index contributed by atoms with van der Waals surface area (Å²) in [6.07, 6.45) is 3.74. The molecule has 1 spiro atoms. The number of amides is 1. The first-order valence-electron chi connectivity index (χ1n) is 10.8. The molecule has 11 heteroatoms. The van der Waals surface area contributed by atoms with Gasteiger partial charge in [0.25, 0.3) is 0 Å². The number of rotatable bonds is 6. The molecule has 32 heavy (non-hydrogen) atoms. The fourth-order valence-electron chi connectivity index (χ4n) is 4.71. The summed E-state index contributed by atoms with van der Waals surface area (Å²) in [5, 5.41) is 11.4. The van der Waals surface area contributed by atoms with Crippen molar-refractivity contribution in [2.24, 2.45) is 24.3 Å². The molecule has 1 N–H and O–H groups in total. The van der Waals surface area contributed by atoms with Crippen LogP contribution in [-0.4, -0.2) is 82.6 Å². The second-order valence-electron chi connectivity index (χ2n) is 9.13. The fraction of sp³-hybridized carbons (Fsp3) is 0.762. The van der Waals surface area contributed by atoms with Crippen molar-refractivity contribution < 1.29 is 32.6 Å². The zero-order valence-corrected chi connectivity index (χ0v) is 18.5. The molecule has 2 saturated heterocycles. The molecule has 4 rings (SSSR count). The Bertz CT molecular complexity index is 801. The number of ether oxygens (including phenoxy) is 1. The van der Waals surface area contributed by atoms with Gasteiger partial charge < -0.3 is 14.7 Å². The van der Waals surface area contributed by atoms with E-state index in [1.807, 2.05) is 17.9 Å². The van der Waals surface area contributed by atoms with E-state index in [2.05, 4.69) is 21.1 Å². The molecule has 1 saturated carbocycles. The monoisotopic (exact) mass is 460 g/mol. The first-order chi connectivity index (χ1) is 15.0. The summed E-state index contributed by atoms with van der Waals surface area (Å²) in [7, 11) is 3.69. The van der Waals surface area contributed by atoms with E-state index in [1.54, 1.807) is 7.11 Å². The van der Waals surface area contributed by atoms with E-state index < -0.39 is 12.1 Å². The maximum atomic E-state index is 12.9. The lowest BCUT2D eigenvalue weighted by atomic mass is 9.71. The minimum atomic E-state index is -5.08. The summed E-state index contributed by atoms with van der Waals surface area (Å²) in [4.78, 5) is 26.5. The van der Waals surface area contributed by atoms with Crippen molar-refractivity contribution >= 4 is 11.9 Å². The first-order valence-corrected chi connectivity index (χ1v) is 10.8. The Morgan fingerprint density at radius 3 is 2.41 bits per heavy atom. The SMILES string of the molecule is COCC1C(=O)N(CC2CC2)CC12CCN(Cc1cnn(C)c1)CC2.O=C(O)C(F)(F)F. The summed E-state index contributed by atoms with van der Waals surface area (Å²) in [6, 6.07) is 0. The average molecular weight is 460 g/mol. The number of carbonyl (C=O) groups is 2. The Labute approximate surface area is 185 Å². The molecule has 3 aliphatic rings. The quantitative estimate of drug-likeness (QED) is 0.700. The number of aryl methyl sites for hydroxylation is 1. The van der Waals surface area contributed by atoms with Crippen LogP contribution in [0.1, 0.15) is 31.2 Å². The van der Waals surface area contributed by atoms with E-state index in [0.29, 0.717) is 12.5 Å². The van der Waals surface area contributed by atoms with Crippen molar-refractivity contribution in [3.63, 3.8) is 0 Å². The first kappa shape index (κ1) is 24.5. The lowest BCUT2D eigenvalue weighted by molar-refractivity contribution is -0.192. The number of likely N-dealkylation sites (tertiary alicyclic amines) is 2. The predicted molar refractivity (Wildman–Crippen MR) is 109 cm³/mol. The van der Waals surface area contributed by atoms with Crippen LogP contribution in [0.25, 0.3) is 0 Å². The number of carboxylic acid groups (broad SMARTS) is 1. The standard InChI is InChI=1S/C19H30N4O2.C2HF3O2/c1-21-10-16(9-20-21)11-22-7-5-19(6-8-22)14-23(12-15-3-4-15)18(24)17(19)13-25-2;3-2(4,5)1(6)7/h9-10,15,17H,3-8,11-14H2,1-2H3;(H,6,7). The van der Waals surface area contributed by atoms with Crippen LogP contribution in [0.3, 0.4) is 0 Å². The van der Waals surface area contributed by atoms with Gasteiger partial charge in [0, 0.05) is 51.0 Å². The summed E-state index contributed by atoms with van der Waals surface area (Å²) in [5.74, 6) is -1.60. The van der Waals surface area contributed by atoms with Gasteiger partial charge in [-0.1, -0.05) is 0 Å². The number of alkyl halides is 3. The van der Waals surface area contributed by atoms with Gasteiger partial charge in [0.2, 0.25) is 5.91 Å². The van der Waals surface area contributed by atoms with Gasteiger partial charge >= 0.3 is 12.1 Å². The number of piperidine rings is 1. The summed E-state index contributed by atoms with van der Waals surface area (Å²) < 4.78 is 39.0. The van der Waals surface area contributed by atoms with Gasteiger partial charge in [0.05, 0.1) is 18.7 Å². The summed E-state index contributed by atoms with van der Waals surface area (Å²) in [6.45, 7) is 5.55. The largest absolute Gasteiger partial charge is 0.490 e. The molecule has 0 bridgehead atoms. The van der Waals surface area contributed by atoms with Crippen molar-refractivity contribution in [3.05, 3.63) is 18.0 Å². The number of hydrogen-bond acceptors (Lipinski definition) is 5. The maximum Gasteiger partial charge on any atom is 0.490 e. The molecule has 0 aromatic carbocycles. The third-order valence-corrected chi connectivity index (χ3v) is 6.62. The lowest BCUT2D eigenvalue weighted by Gasteiger charge is -2.41. The average Bonchev–Trinajstić information content (AvgIpc) is 3.40. The Morgan fingerprint density at radius 1 is 1.31 bits per heavy atom. The lowest BCUT2D eigenvalue weighted by Crippen LogP contribution is -2.45. The van der Waals surface area contributed by atoms with E-state index in [0.717, 1.165) is 51.5 Å². The smallest absolute Gasteiger partial charge is 0.475 e. The Kier molecular flexibility index (Phi) is 7.49. The molecule has 1 unspecified atom stereocenters.